The largest absolute Gasteiger partial charge is 0.382 e. The van der Waals surface area contributed by atoms with E-state index in [4.69, 9.17) is 4.74 Å². The van der Waals surface area contributed by atoms with Gasteiger partial charge in [0.2, 0.25) is 0 Å². The number of nitrogens with zero attached hydrogens (tertiary/aromatic N) is 2. The van der Waals surface area contributed by atoms with Crippen molar-refractivity contribution in [1.29, 1.82) is 0 Å². The van der Waals surface area contributed by atoms with Crippen LogP contribution in [0.25, 0.3) is 0 Å². The minimum atomic E-state index is 0.335. The molecular formula is C21H33N3O. The minimum Gasteiger partial charge on any atom is -0.382 e. The Balaban J connectivity index is 1.35. The quantitative estimate of drug-likeness (QED) is 0.907. The average molecular weight is 344 g/mol. The SMILES string of the molecule is CC1CN(Cc2cccc(NC3CCN4CCCC4C3)c2)CC(C)O1. The van der Waals surface area contributed by atoms with E-state index < -0.39 is 0 Å². The first-order chi connectivity index (χ1) is 12.2. The number of anilines is 1. The molecular weight excluding hydrogens is 310 g/mol. The van der Waals surface area contributed by atoms with E-state index in [0.29, 0.717) is 18.2 Å². The van der Waals surface area contributed by atoms with Gasteiger partial charge in [0, 0.05) is 44.0 Å². The molecule has 4 atom stereocenters. The topological polar surface area (TPSA) is 27.7 Å². The molecule has 1 N–H and O–H groups in total. The van der Waals surface area contributed by atoms with Crippen LogP contribution in [-0.4, -0.2) is 60.3 Å². The van der Waals surface area contributed by atoms with E-state index in [9.17, 15) is 0 Å². The van der Waals surface area contributed by atoms with Crippen LogP contribution in [0.3, 0.4) is 0 Å². The van der Waals surface area contributed by atoms with Crippen LogP contribution in [0.15, 0.2) is 24.3 Å². The summed E-state index contributed by atoms with van der Waals surface area (Å²) < 4.78 is 5.85. The third kappa shape index (κ3) is 4.36. The lowest BCUT2D eigenvalue weighted by molar-refractivity contribution is -0.0704. The number of nitrogens with one attached hydrogen (secondary N) is 1. The lowest BCUT2D eigenvalue weighted by atomic mass is 9.97. The van der Waals surface area contributed by atoms with E-state index in [1.807, 2.05) is 0 Å². The maximum Gasteiger partial charge on any atom is 0.0678 e. The predicted octanol–water partition coefficient (Wildman–Crippen LogP) is 3.33. The molecule has 1 aromatic rings. The Morgan fingerprint density at radius 2 is 1.96 bits per heavy atom. The second-order valence-electron chi connectivity index (χ2n) is 8.35. The van der Waals surface area contributed by atoms with Crippen molar-refractivity contribution in [3.63, 3.8) is 0 Å². The van der Waals surface area contributed by atoms with Crippen LogP contribution in [0.1, 0.15) is 45.1 Å². The maximum atomic E-state index is 5.85. The molecule has 3 saturated heterocycles. The summed E-state index contributed by atoms with van der Waals surface area (Å²) in [5.74, 6) is 0. The van der Waals surface area contributed by atoms with Gasteiger partial charge in [0.05, 0.1) is 12.2 Å². The van der Waals surface area contributed by atoms with E-state index in [1.165, 1.54) is 50.0 Å². The van der Waals surface area contributed by atoms with Crippen LogP contribution in [-0.2, 0) is 11.3 Å². The molecule has 1 aromatic carbocycles. The van der Waals surface area contributed by atoms with Crippen LogP contribution in [0, 0.1) is 0 Å². The molecule has 138 valence electrons. The third-order valence-corrected chi connectivity index (χ3v) is 6.02. The van der Waals surface area contributed by atoms with Gasteiger partial charge in [-0.25, -0.2) is 0 Å². The number of rotatable bonds is 4. The van der Waals surface area contributed by atoms with E-state index in [1.54, 1.807) is 0 Å². The number of ether oxygens (including phenoxy) is 1. The smallest absolute Gasteiger partial charge is 0.0678 e. The summed E-state index contributed by atoms with van der Waals surface area (Å²) >= 11 is 0. The molecule has 0 amide bonds. The first kappa shape index (κ1) is 17.3. The molecule has 3 fully saturated rings. The molecule has 3 aliphatic rings. The first-order valence-electron chi connectivity index (χ1n) is 10.1. The summed E-state index contributed by atoms with van der Waals surface area (Å²) in [4.78, 5) is 5.21. The van der Waals surface area contributed by atoms with Crippen LogP contribution in [0.5, 0.6) is 0 Å². The van der Waals surface area contributed by atoms with Gasteiger partial charge in [0.1, 0.15) is 0 Å². The molecule has 4 nitrogen and oxygen atoms in total. The summed E-state index contributed by atoms with van der Waals surface area (Å²) in [6, 6.07) is 10.5. The van der Waals surface area contributed by atoms with Gasteiger partial charge in [-0.3, -0.25) is 4.90 Å². The first-order valence-corrected chi connectivity index (χ1v) is 10.1. The molecule has 4 unspecified atom stereocenters. The number of piperidine rings is 1. The Labute approximate surface area is 152 Å². The molecule has 4 rings (SSSR count). The zero-order valence-corrected chi connectivity index (χ0v) is 15.8. The highest BCUT2D eigenvalue weighted by atomic mass is 16.5. The van der Waals surface area contributed by atoms with Gasteiger partial charge >= 0.3 is 0 Å². The molecule has 25 heavy (non-hydrogen) atoms. The predicted molar refractivity (Wildman–Crippen MR) is 103 cm³/mol. The highest BCUT2D eigenvalue weighted by molar-refractivity contribution is 5.46. The molecule has 0 spiro atoms. The van der Waals surface area contributed by atoms with Crippen molar-refractivity contribution in [3.05, 3.63) is 29.8 Å². The zero-order valence-electron chi connectivity index (χ0n) is 15.8. The van der Waals surface area contributed by atoms with Gasteiger partial charge in [-0.05, 0) is 63.8 Å². The Hall–Kier alpha value is -1.10. The monoisotopic (exact) mass is 343 g/mol. The standard InChI is InChI=1S/C21H33N3O/c1-16-13-23(14-17(2)25-16)15-18-5-3-6-19(11-18)22-20-8-10-24-9-4-7-21(24)12-20/h3,5-6,11,16-17,20-22H,4,7-10,12-15H2,1-2H3. The van der Waals surface area contributed by atoms with Gasteiger partial charge in [-0.2, -0.15) is 0 Å². The van der Waals surface area contributed by atoms with Crippen molar-refractivity contribution in [2.24, 2.45) is 0 Å². The maximum absolute atomic E-state index is 5.85. The highest BCUT2D eigenvalue weighted by Gasteiger charge is 2.31. The molecule has 0 aliphatic carbocycles. The molecule has 0 bridgehead atoms. The molecule has 4 heteroatoms. The Morgan fingerprint density at radius 3 is 2.80 bits per heavy atom. The Morgan fingerprint density at radius 1 is 1.12 bits per heavy atom. The van der Waals surface area contributed by atoms with Gasteiger partial charge in [-0.15, -0.1) is 0 Å². The molecule has 0 radical (unpaired) electrons. The van der Waals surface area contributed by atoms with Crippen LogP contribution < -0.4 is 5.32 Å². The summed E-state index contributed by atoms with van der Waals surface area (Å²) in [5.41, 5.74) is 2.70. The molecule has 3 heterocycles. The van der Waals surface area contributed by atoms with Gasteiger partial charge < -0.3 is 15.0 Å². The fraction of sp³-hybridized carbons (Fsp3) is 0.714. The second kappa shape index (κ2) is 7.65. The van der Waals surface area contributed by atoms with E-state index in [0.717, 1.165) is 25.7 Å². The van der Waals surface area contributed by atoms with Crippen molar-refractivity contribution in [2.75, 3.05) is 31.5 Å². The lowest BCUT2D eigenvalue weighted by Gasteiger charge is -2.36. The van der Waals surface area contributed by atoms with Crippen molar-refractivity contribution >= 4 is 5.69 Å². The summed E-state index contributed by atoms with van der Waals surface area (Å²) in [6.45, 7) is 10.0. The lowest BCUT2D eigenvalue weighted by Crippen LogP contribution is -2.44. The van der Waals surface area contributed by atoms with Crippen molar-refractivity contribution < 1.29 is 4.74 Å². The summed E-state index contributed by atoms with van der Waals surface area (Å²) in [6.07, 6.45) is 6.04. The number of fused-ring (bicyclic) bond motifs is 1. The Kier molecular flexibility index (Phi) is 5.30. The van der Waals surface area contributed by atoms with Crippen LogP contribution >= 0.6 is 0 Å². The van der Waals surface area contributed by atoms with Crippen LogP contribution in [0.4, 0.5) is 5.69 Å². The minimum absolute atomic E-state index is 0.335. The fourth-order valence-corrected chi connectivity index (χ4v) is 5.02. The number of benzene rings is 1. The second-order valence-corrected chi connectivity index (χ2v) is 8.35. The number of hydrogen-bond donors (Lipinski definition) is 1. The average Bonchev–Trinajstić information content (AvgIpc) is 3.02. The summed E-state index contributed by atoms with van der Waals surface area (Å²) in [7, 11) is 0. The fourth-order valence-electron chi connectivity index (χ4n) is 5.02. The normalized spacial score (nSPS) is 34.0. The van der Waals surface area contributed by atoms with Gasteiger partial charge in [0.15, 0.2) is 0 Å². The van der Waals surface area contributed by atoms with Crippen LogP contribution in [0.2, 0.25) is 0 Å². The molecule has 3 aliphatic heterocycles. The molecule has 0 saturated carbocycles. The van der Waals surface area contributed by atoms with Crippen molar-refractivity contribution in [2.45, 2.75) is 70.4 Å². The van der Waals surface area contributed by atoms with Crippen molar-refractivity contribution in [1.82, 2.24) is 9.80 Å². The van der Waals surface area contributed by atoms with Gasteiger partial charge in [-0.1, -0.05) is 12.1 Å². The highest BCUT2D eigenvalue weighted by Crippen LogP contribution is 2.28. The third-order valence-electron chi connectivity index (χ3n) is 6.02. The molecule has 0 aromatic heterocycles. The van der Waals surface area contributed by atoms with E-state index in [-0.39, 0.29) is 0 Å². The van der Waals surface area contributed by atoms with Gasteiger partial charge in [0.25, 0.3) is 0 Å². The zero-order chi connectivity index (χ0) is 17.2. The summed E-state index contributed by atoms with van der Waals surface area (Å²) in [5, 5.41) is 3.82. The number of morpholine rings is 1. The van der Waals surface area contributed by atoms with Crippen molar-refractivity contribution in [3.8, 4) is 0 Å². The van der Waals surface area contributed by atoms with E-state index >= 15 is 0 Å². The number of hydrogen-bond acceptors (Lipinski definition) is 4. The Bertz CT molecular complexity index is 568. The van der Waals surface area contributed by atoms with E-state index in [2.05, 4.69) is 53.2 Å².